The molecular weight excluding hydrogens is 234 g/mol. The Morgan fingerprint density at radius 1 is 1.28 bits per heavy atom. The fraction of sp³-hybridized carbons (Fsp3) is 0.846. The molecule has 1 atom stereocenters. The van der Waals surface area contributed by atoms with Crippen molar-refractivity contribution in [2.75, 3.05) is 7.05 Å². The number of rotatable bonds is 3. The van der Waals surface area contributed by atoms with Crippen molar-refractivity contribution in [1.82, 2.24) is 4.90 Å². The maximum Gasteiger partial charge on any atom is 0.410 e. The molecule has 0 unspecified atom stereocenters. The average Bonchev–Trinajstić information content (AvgIpc) is 2.18. The Morgan fingerprint density at radius 3 is 2.22 bits per heavy atom. The highest BCUT2D eigenvalue weighted by molar-refractivity contribution is 5.81. The predicted octanol–water partition coefficient (Wildman–Crippen LogP) is 2.34. The van der Waals surface area contributed by atoms with Crippen molar-refractivity contribution in [3.8, 4) is 0 Å². The van der Waals surface area contributed by atoms with Crippen LogP contribution >= 0.6 is 0 Å². The lowest BCUT2D eigenvalue weighted by molar-refractivity contribution is -0.158. The third-order valence-electron chi connectivity index (χ3n) is 2.94. The van der Waals surface area contributed by atoms with Gasteiger partial charge in [-0.15, -0.1) is 0 Å². The Bertz CT molecular complexity index is 317. The monoisotopic (exact) mass is 257 g/mol. The van der Waals surface area contributed by atoms with E-state index in [9.17, 15) is 9.59 Å². The van der Waals surface area contributed by atoms with Crippen LogP contribution in [-0.4, -0.2) is 41.8 Å². The van der Waals surface area contributed by atoms with E-state index in [-0.39, 0.29) is 12.1 Å². The van der Waals surface area contributed by atoms with E-state index in [4.69, 9.17) is 9.47 Å². The quantitative estimate of drug-likeness (QED) is 0.728. The molecule has 1 saturated carbocycles. The Kier molecular flexibility index (Phi) is 4.59. The third kappa shape index (κ3) is 4.20. The largest absolute Gasteiger partial charge is 0.461 e. The Labute approximate surface area is 108 Å². The Morgan fingerprint density at radius 2 is 1.83 bits per heavy atom. The van der Waals surface area contributed by atoms with Crippen LogP contribution in [0.1, 0.15) is 47.0 Å². The summed E-state index contributed by atoms with van der Waals surface area (Å²) in [5.74, 6) is -0.368. The molecule has 1 amide bonds. The number of likely N-dealkylation sites (N-methyl/N-ethyl adjacent to an activating group) is 1. The maximum absolute atomic E-state index is 11.8. The molecular formula is C13H23NO4. The molecule has 0 radical (unpaired) electrons. The summed E-state index contributed by atoms with van der Waals surface area (Å²) < 4.78 is 10.5. The summed E-state index contributed by atoms with van der Waals surface area (Å²) in [4.78, 5) is 24.8. The summed E-state index contributed by atoms with van der Waals surface area (Å²) in [7, 11) is 1.54. The number of hydrogen-bond acceptors (Lipinski definition) is 4. The molecule has 1 fully saturated rings. The first-order chi connectivity index (χ1) is 8.20. The minimum Gasteiger partial charge on any atom is -0.461 e. The number of esters is 1. The summed E-state index contributed by atoms with van der Waals surface area (Å²) in [6, 6.07) is -0.625. The third-order valence-corrected chi connectivity index (χ3v) is 2.94. The molecule has 0 aromatic rings. The van der Waals surface area contributed by atoms with Crippen LogP contribution in [0.3, 0.4) is 0 Å². The van der Waals surface area contributed by atoms with Crippen LogP contribution in [0.4, 0.5) is 4.79 Å². The molecule has 0 aromatic heterocycles. The van der Waals surface area contributed by atoms with E-state index in [1.54, 1.807) is 34.7 Å². The standard InChI is InChI=1S/C13H23NO4/c1-9(11(15)17-10-7-6-8-10)14(5)12(16)18-13(2,3)4/h9-10H,6-8H2,1-5H3/t9-/m0/s1. The van der Waals surface area contributed by atoms with E-state index < -0.39 is 17.7 Å². The highest BCUT2D eigenvalue weighted by Gasteiger charge is 2.30. The number of nitrogens with zero attached hydrogens (tertiary/aromatic N) is 1. The molecule has 1 rings (SSSR count). The normalized spacial score (nSPS) is 17.6. The number of hydrogen-bond donors (Lipinski definition) is 0. The fourth-order valence-corrected chi connectivity index (χ4v) is 1.40. The molecule has 0 aromatic carbocycles. The van der Waals surface area contributed by atoms with Crippen LogP contribution < -0.4 is 0 Å². The van der Waals surface area contributed by atoms with Gasteiger partial charge in [0, 0.05) is 7.05 Å². The van der Waals surface area contributed by atoms with Crippen molar-refractivity contribution in [1.29, 1.82) is 0 Å². The number of ether oxygens (including phenoxy) is 2. The number of carbonyl (C=O) groups excluding carboxylic acids is 2. The van der Waals surface area contributed by atoms with Crippen LogP contribution in [0.2, 0.25) is 0 Å². The molecule has 0 heterocycles. The Balaban J connectivity index is 2.45. The molecule has 0 spiro atoms. The van der Waals surface area contributed by atoms with E-state index in [1.807, 2.05) is 0 Å². The molecule has 0 N–H and O–H groups in total. The summed E-state index contributed by atoms with van der Waals surface area (Å²) >= 11 is 0. The fourth-order valence-electron chi connectivity index (χ4n) is 1.40. The van der Waals surface area contributed by atoms with Gasteiger partial charge in [-0.2, -0.15) is 0 Å². The van der Waals surface area contributed by atoms with Crippen molar-refractivity contribution in [2.24, 2.45) is 0 Å². The van der Waals surface area contributed by atoms with E-state index in [0.717, 1.165) is 19.3 Å². The number of amides is 1. The van der Waals surface area contributed by atoms with Crippen LogP contribution in [0, 0.1) is 0 Å². The van der Waals surface area contributed by atoms with Gasteiger partial charge in [-0.1, -0.05) is 0 Å². The highest BCUT2D eigenvalue weighted by Crippen LogP contribution is 2.23. The van der Waals surface area contributed by atoms with E-state index in [0.29, 0.717) is 0 Å². The molecule has 0 aliphatic heterocycles. The van der Waals surface area contributed by atoms with Gasteiger partial charge in [0.05, 0.1) is 0 Å². The lowest BCUT2D eigenvalue weighted by Crippen LogP contribution is -2.45. The average molecular weight is 257 g/mol. The lowest BCUT2D eigenvalue weighted by Gasteiger charge is -2.30. The van der Waals surface area contributed by atoms with Crippen molar-refractivity contribution >= 4 is 12.1 Å². The van der Waals surface area contributed by atoms with Gasteiger partial charge in [0.1, 0.15) is 17.7 Å². The van der Waals surface area contributed by atoms with E-state index >= 15 is 0 Å². The van der Waals surface area contributed by atoms with Gasteiger partial charge < -0.3 is 9.47 Å². The molecule has 1 aliphatic carbocycles. The van der Waals surface area contributed by atoms with Crippen LogP contribution in [0.15, 0.2) is 0 Å². The van der Waals surface area contributed by atoms with E-state index in [2.05, 4.69) is 0 Å². The first kappa shape index (κ1) is 14.8. The van der Waals surface area contributed by atoms with E-state index in [1.165, 1.54) is 4.90 Å². The molecule has 18 heavy (non-hydrogen) atoms. The number of carbonyl (C=O) groups is 2. The summed E-state index contributed by atoms with van der Waals surface area (Å²) in [6.45, 7) is 7.01. The summed E-state index contributed by atoms with van der Waals surface area (Å²) in [5, 5.41) is 0. The lowest BCUT2D eigenvalue weighted by atomic mass is 9.96. The van der Waals surface area contributed by atoms with Crippen molar-refractivity contribution in [3.05, 3.63) is 0 Å². The molecule has 104 valence electrons. The maximum atomic E-state index is 11.8. The van der Waals surface area contributed by atoms with Gasteiger partial charge in [0.2, 0.25) is 0 Å². The zero-order chi connectivity index (χ0) is 13.9. The van der Waals surface area contributed by atoms with Crippen LogP contribution in [0.25, 0.3) is 0 Å². The predicted molar refractivity (Wildman–Crippen MR) is 67.2 cm³/mol. The zero-order valence-electron chi connectivity index (χ0n) is 11.9. The van der Waals surface area contributed by atoms with Gasteiger partial charge in [-0.05, 0) is 47.0 Å². The van der Waals surface area contributed by atoms with Crippen LogP contribution in [0.5, 0.6) is 0 Å². The zero-order valence-corrected chi connectivity index (χ0v) is 11.9. The second-order valence-corrected chi connectivity index (χ2v) is 5.76. The van der Waals surface area contributed by atoms with Crippen molar-refractivity contribution in [3.63, 3.8) is 0 Å². The minimum atomic E-state index is -0.625. The topological polar surface area (TPSA) is 55.8 Å². The summed E-state index contributed by atoms with van der Waals surface area (Å²) in [6.07, 6.45) is 2.48. The molecule has 5 heteroatoms. The second-order valence-electron chi connectivity index (χ2n) is 5.76. The highest BCUT2D eigenvalue weighted by atomic mass is 16.6. The van der Waals surface area contributed by atoms with Crippen molar-refractivity contribution in [2.45, 2.75) is 64.7 Å². The molecule has 1 aliphatic rings. The molecule has 5 nitrogen and oxygen atoms in total. The molecule has 0 bridgehead atoms. The van der Waals surface area contributed by atoms with Gasteiger partial charge in [-0.25, -0.2) is 9.59 Å². The molecule has 0 saturated heterocycles. The SMILES string of the molecule is C[C@@H](C(=O)OC1CCC1)N(C)C(=O)OC(C)(C)C. The second kappa shape index (κ2) is 5.59. The van der Waals surface area contributed by atoms with Gasteiger partial charge in [-0.3, -0.25) is 4.90 Å². The smallest absolute Gasteiger partial charge is 0.410 e. The first-order valence-electron chi connectivity index (χ1n) is 6.37. The van der Waals surface area contributed by atoms with Crippen molar-refractivity contribution < 1.29 is 19.1 Å². The minimum absolute atomic E-state index is 0.0342. The van der Waals surface area contributed by atoms with Gasteiger partial charge >= 0.3 is 12.1 Å². The van der Waals surface area contributed by atoms with Crippen LogP contribution in [-0.2, 0) is 14.3 Å². The van der Waals surface area contributed by atoms with Gasteiger partial charge in [0.25, 0.3) is 0 Å². The Hall–Kier alpha value is -1.26. The first-order valence-corrected chi connectivity index (χ1v) is 6.37. The van der Waals surface area contributed by atoms with Gasteiger partial charge in [0.15, 0.2) is 0 Å². The summed E-state index contributed by atoms with van der Waals surface area (Å²) in [5.41, 5.74) is -0.567.